The van der Waals surface area contributed by atoms with E-state index in [0.717, 1.165) is 58.3 Å². The quantitative estimate of drug-likeness (QED) is 0.862. The number of nitrogens with zero attached hydrogens (tertiary/aromatic N) is 2. The van der Waals surface area contributed by atoms with Gasteiger partial charge in [0.2, 0.25) is 0 Å². The molecule has 2 N–H and O–H groups in total. The zero-order valence-corrected chi connectivity index (χ0v) is 11.8. The lowest BCUT2D eigenvalue weighted by Gasteiger charge is -2.29. The molecule has 20 heavy (non-hydrogen) atoms. The highest BCUT2D eigenvalue weighted by molar-refractivity contribution is 5.80. The number of anilines is 1. The number of aliphatic imine (C=N–C) groups is 1. The van der Waals surface area contributed by atoms with Gasteiger partial charge in [0.1, 0.15) is 0 Å². The normalized spacial score (nSPS) is 19.2. The molecule has 0 aliphatic carbocycles. The molecule has 0 spiro atoms. The summed E-state index contributed by atoms with van der Waals surface area (Å²) < 4.78 is 5.38. The molecule has 1 aromatic carbocycles. The van der Waals surface area contributed by atoms with Crippen LogP contribution in [0.1, 0.15) is 12.0 Å². The second kappa shape index (κ2) is 6.61. The molecule has 0 atom stereocenters. The van der Waals surface area contributed by atoms with Crippen LogP contribution < -0.4 is 15.5 Å². The number of hydrogen-bond donors (Lipinski definition) is 2. The Labute approximate surface area is 120 Å². The summed E-state index contributed by atoms with van der Waals surface area (Å²) in [4.78, 5) is 6.78. The third-order valence-corrected chi connectivity index (χ3v) is 3.67. The van der Waals surface area contributed by atoms with Gasteiger partial charge in [0.15, 0.2) is 5.96 Å². The van der Waals surface area contributed by atoms with E-state index >= 15 is 0 Å². The molecule has 0 bridgehead atoms. The first kappa shape index (κ1) is 13.2. The Bertz CT molecular complexity index is 451. The molecule has 1 saturated heterocycles. The number of ether oxygens (including phenoxy) is 1. The Kier molecular flexibility index (Phi) is 4.38. The Morgan fingerprint density at radius 1 is 1.20 bits per heavy atom. The summed E-state index contributed by atoms with van der Waals surface area (Å²) in [6.07, 6.45) is 1.12. The van der Waals surface area contributed by atoms with Crippen LogP contribution in [0.2, 0.25) is 0 Å². The van der Waals surface area contributed by atoms with E-state index in [4.69, 9.17) is 4.74 Å². The number of rotatable bonds is 3. The van der Waals surface area contributed by atoms with Crippen LogP contribution >= 0.6 is 0 Å². The number of guanidine groups is 1. The minimum absolute atomic E-state index is 0.815. The van der Waals surface area contributed by atoms with Crippen molar-refractivity contribution in [1.29, 1.82) is 0 Å². The van der Waals surface area contributed by atoms with E-state index in [1.165, 1.54) is 11.3 Å². The third kappa shape index (κ3) is 3.42. The predicted molar refractivity (Wildman–Crippen MR) is 81.2 cm³/mol. The van der Waals surface area contributed by atoms with E-state index in [2.05, 4.69) is 44.8 Å². The molecule has 0 unspecified atom stereocenters. The van der Waals surface area contributed by atoms with Gasteiger partial charge in [-0.25, -0.2) is 0 Å². The summed E-state index contributed by atoms with van der Waals surface area (Å²) in [5.41, 5.74) is 2.56. The van der Waals surface area contributed by atoms with Crippen LogP contribution in [-0.4, -0.2) is 45.4 Å². The SMILES string of the molecule is c1cc(N2CCOCC2)ccc1CNC1=NCCCN1. The van der Waals surface area contributed by atoms with E-state index in [0.29, 0.717) is 0 Å². The van der Waals surface area contributed by atoms with Crippen LogP contribution in [0, 0.1) is 0 Å². The van der Waals surface area contributed by atoms with Crippen LogP contribution in [-0.2, 0) is 11.3 Å². The van der Waals surface area contributed by atoms with Gasteiger partial charge in [-0.3, -0.25) is 4.99 Å². The van der Waals surface area contributed by atoms with Crippen molar-refractivity contribution in [2.45, 2.75) is 13.0 Å². The van der Waals surface area contributed by atoms with Crippen molar-refractivity contribution >= 4 is 11.6 Å². The molecular weight excluding hydrogens is 252 g/mol. The number of morpholine rings is 1. The number of benzene rings is 1. The summed E-state index contributed by atoms with van der Waals surface area (Å²) in [6, 6.07) is 8.75. The third-order valence-electron chi connectivity index (χ3n) is 3.67. The van der Waals surface area contributed by atoms with Gasteiger partial charge in [0.25, 0.3) is 0 Å². The average Bonchev–Trinajstić information content (AvgIpc) is 2.55. The molecular formula is C15H22N4O. The smallest absolute Gasteiger partial charge is 0.191 e. The molecule has 5 nitrogen and oxygen atoms in total. The molecule has 108 valence electrons. The Morgan fingerprint density at radius 2 is 2.00 bits per heavy atom. The summed E-state index contributed by atoms with van der Waals surface area (Å²) in [5, 5.41) is 6.61. The van der Waals surface area contributed by atoms with Crippen molar-refractivity contribution in [2.24, 2.45) is 4.99 Å². The second-order valence-corrected chi connectivity index (χ2v) is 5.13. The molecule has 5 heteroatoms. The Hall–Kier alpha value is -1.75. The highest BCUT2D eigenvalue weighted by Gasteiger charge is 2.10. The van der Waals surface area contributed by atoms with Crippen LogP contribution in [0.25, 0.3) is 0 Å². The minimum atomic E-state index is 0.815. The van der Waals surface area contributed by atoms with Gasteiger partial charge in [0.05, 0.1) is 13.2 Å². The first-order valence-electron chi connectivity index (χ1n) is 7.36. The maximum atomic E-state index is 5.38. The molecule has 0 amide bonds. The van der Waals surface area contributed by atoms with E-state index in [-0.39, 0.29) is 0 Å². The molecule has 0 aromatic heterocycles. The molecule has 2 heterocycles. The highest BCUT2D eigenvalue weighted by Crippen LogP contribution is 2.16. The van der Waals surface area contributed by atoms with E-state index in [9.17, 15) is 0 Å². The molecule has 0 saturated carbocycles. The van der Waals surface area contributed by atoms with Gasteiger partial charge >= 0.3 is 0 Å². The summed E-state index contributed by atoms with van der Waals surface area (Å²) in [5.74, 6) is 0.925. The second-order valence-electron chi connectivity index (χ2n) is 5.13. The van der Waals surface area contributed by atoms with Gasteiger partial charge in [-0.15, -0.1) is 0 Å². The van der Waals surface area contributed by atoms with Crippen molar-refractivity contribution in [3.05, 3.63) is 29.8 Å². The van der Waals surface area contributed by atoms with Gasteiger partial charge in [-0.1, -0.05) is 12.1 Å². The first-order valence-corrected chi connectivity index (χ1v) is 7.36. The topological polar surface area (TPSA) is 48.9 Å². The predicted octanol–water partition coefficient (Wildman–Crippen LogP) is 0.962. The standard InChI is InChI=1S/C15H22N4O/c1-6-16-15(17-7-1)18-12-13-2-4-14(5-3-13)19-8-10-20-11-9-19/h2-5H,1,6-12H2,(H2,16,17,18). The lowest BCUT2D eigenvalue weighted by Crippen LogP contribution is -2.40. The summed E-state index contributed by atoms with van der Waals surface area (Å²) in [7, 11) is 0. The van der Waals surface area contributed by atoms with Crippen LogP contribution in [0.4, 0.5) is 5.69 Å². The highest BCUT2D eigenvalue weighted by atomic mass is 16.5. The van der Waals surface area contributed by atoms with E-state index in [1.54, 1.807) is 0 Å². The summed E-state index contributed by atoms with van der Waals surface area (Å²) in [6.45, 7) is 6.38. The molecule has 1 aromatic rings. The van der Waals surface area contributed by atoms with E-state index < -0.39 is 0 Å². The zero-order valence-electron chi connectivity index (χ0n) is 11.8. The molecule has 2 aliphatic heterocycles. The van der Waals surface area contributed by atoms with Crippen molar-refractivity contribution < 1.29 is 4.74 Å². The molecule has 2 aliphatic rings. The lowest BCUT2D eigenvalue weighted by atomic mass is 10.2. The van der Waals surface area contributed by atoms with Crippen LogP contribution in [0.5, 0.6) is 0 Å². The first-order chi connectivity index (χ1) is 9.92. The molecule has 1 fully saturated rings. The lowest BCUT2D eigenvalue weighted by molar-refractivity contribution is 0.122. The summed E-state index contributed by atoms with van der Waals surface area (Å²) >= 11 is 0. The van der Waals surface area contributed by atoms with Gasteiger partial charge < -0.3 is 20.3 Å². The fraction of sp³-hybridized carbons (Fsp3) is 0.533. The number of hydrogen-bond acceptors (Lipinski definition) is 5. The van der Waals surface area contributed by atoms with Crippen LogP contribution in [0.3, 0.4) is 0 Å². The molecule has 3 rings (SSSR count). The van der Waals surface area contributed by atoms with Crippen molar-refractivity contribution in [3.63, 3.8) is 0 Å². The van der Waals surface area contributed by atoms with Gasteiger partial charge in [0, 0.05) is 38.4 Å². The fourth-order valence-electron chi connectivity index (χ4n) is 2.48. The molecule has 0 radical (unpaired) electrons. The Balaban J connectivity index is 1.54. The van der Waals surface area contributed by atoms with Crippen molar-refractivity contribution in [2.75, 3.05) is 44.3 Å². The fourth-order valence-corrected chi connectivity index (χ4v) is 2.48. The Morgan fingerprint density at radius 3 is 2.70 bits per heavy atom. The van der Waals surface area contributed by atoms with E-state index in [1.807, 2.05) is 0 Å². The monoisotopic (exact) mass is 274 g/mol. The maximum Gasteiger partial charge on any atom is 0.191 e. The van der Waals surface area contributed by atoms with Gasteiger partial charge in [-0.05, 0) is 24.1 Å². The average molecular weight is 274 g/mol. The van der Waals surface area contributed by atoms with Crippen LogP contribution in [0.15, 0.2) is 29.3 Å². The van der Waals surface area contributed by atoms with Gasteiger partial charge in [-0.2, -0.15) is 0 Å². The number of nitrogens with one attached hydrogen (secondary N) is 2. The zero-order chi connectivity index (χ0) is 13.6. The largest absolute Gasteiger partial charge is 0.378 e. The van der Waals surface area contributed by atoms with Crippen molar-refractivity contribution in [1.82, 2.24) is 10.6 Å². The minimum Gasteiger partial charge on any atom is -0.378 e. The maximum absolute atomic E-state index is 5.38. The van der Waals surface area contributed by atoms with Crippen molar-refractivity contribution in [3.8, 4) is 0 Å².